The third kappa shape index (κ3) is 7.18. The SMILES string of the molecule is CCOc1ccc(NC(=O)c2ccc(NC(=O)COC(=O)c3ccc(COC)cc3)cc2)cc1. The summed E-state index contributed by atoms with van der Waals surface area (Å²) < 4.78 is 15.5. The number of amides is 2. The first-order valence-electron chi connectivity index (χ1n) is 10.7. The van der Waals surface area contributed by atoms with Gasteiger partial charge in [-0.15, -0.1) is 0 Å². The van der Waals surface area contributed by atoms with Gasteiger partial charge >= 0.3 is 5.97 Å². The summed E-state index contributed by atoms with van der Waals surface area (Å²) in [5.41, 5.74) is 2.81. The molecule has 3 aromatic carbocycles. The number of anilines is 2. The van der Waals surface area contributed by atoms with Gasteiger partial charge in [0.2, 0.25) is 0 Å². The molecule has 176 valence electrons. The van der Waals surface area contributed by atoms with Crippen molar-refractivity contribution in [3.8, 4) is 5.75 Å². The minimum absolute atomic E-state index is 0.285. The molecule has 0 aliphatic rings. The molecule has 3 rings (SSSR count). The number of rotatable bonds is 10. The standard InChI is InChI=1S/C26H26N2O6/c1-3-33-23-14-12-22(13-15-23)28-25(30)19-8-10-21(11-9-19)27-24(29)17-34-26(31)20-6-4-18(5-7-20)16-32-2/h4-15H,3,16-17H2,1-2H3,(H,27,29)(H,28,30). The highest BCUT2D eigenvalue weighted by Crippen LogP contribution is 2.17. The Balaban J connectivity index is 1.47. The smallest absolute Gasteiger partial charge is 0.338 e. The zero-order chi connectivity index (χ0) is 24.3. The van der Waals surface area contributed by atoms with E-state index in [9.17, 15) is 14.4 Å². The van der Waals surface area contributed by atoms with Crippen LogP contribution in [-0.4, -0.2) is 38.1 Å². The lowest BCUT2D eigenvalue weighted by molar-refractivity contribution is -0.119. The normalized spacial score (nSPS) is 10.3. The molecule has 3 aromatic rings. The maximum absolute atomic E-state index is 12.4. The van der Waals surface area contributed by atoms with Gasteiger partial charge in [-0.2, -0.15) is 0 Å². The van der Waals surface area contributed by atoms with E-state index in [1.807, 2.05) is 6.92 Å². The first kappa shape index (κ1) is 24.5. The number of carbonyl (C=O) groups is 3. The average molecular weight is 463 g/mol. The predicted molar refractivity (Wildman–Crippen MR) is 128 cm³/mol. The molecule has 0 atom stereocenters. The second-order valence-corrected chi connectivity index (χ2v) is 7.24. The molecular formula is C26H26N2O6. The Labute approximate surface area is 197 Å². The zero-order valence-corrected chi connectivity index (χ0v) is 19.0. The van der Waals surface area contributed by atoms with Crippen LogP contribution in [0, 0.1) is 0 Å². The van der Waals surface area contributed by atoms with Crippen LogP contribution >= 0.6 is 0 Å². The molecule has 0 radical (unpaired) electrons. The molecule has 0 saturated heterocycles. The molecular weight excluding hydrogens is 436 g/mol. The van der Waals surface area contributed by atoms with Gasteiger partial charge in [-0.1, -0.05) is 12.1 Å². The quantitative estimate of drug-likeness (QED) is 0.436. The molecule has 0 aromatic heterocycles. The van der Waals surface area contributed by atoms with Gasteiger partial charge in [0.15, 0.2) is 6.61 Å². The molecule has 0 bridgehead atoms. The average Bonchev–Trinajstić information content (AvgIpc) is 2.85. The van der Waals surface area contributed by atoms with Crippen LogP contribution in [-0.2, 0) is 20.9 Å². The largest absolute Gasteiger partial charge is 0.494 e. The van der Waals surface area contributed by atoms with Crippen LogP contribution < -0.4 is 15.4 Å². The maximum Gasteiger partial charge on any atom is 0.338 e. The number of carbonyl (C=O) groups excluding carboxylic acids is 3. The van der Waals surface area contributed by atoms with Crippen LogP contribution in [0.15, 0.2) is 72.8 Å². The first-order valence-corrected chi connectivity index (χ1v) is 10.7. The molecule has 2 amide bonds. The second-order valence-electron chi connectivity index (χ2n) is 7.24. The van der Waals surface area contributed by atoms with Crippen molar-refractivity contribution >= 4 is 29.2 Å². The van der Waals surface area contributed by atoms with E-state index in [0.717, 1.165) is 11.3 Å². The van der Waals surface area contributed by atoms with E-state index in [4.69, 9.17) is 14.2 Å². The molecule has 8 heteroatoms. The van der Waals surface area contributed by atoms with E-state index < -0.39 is 18.5 Å². The Bertz CT molecular complexity index is 1110. The van der Waals surface area contributed by atoms with Crippen molar-refractivity contribution in [1.29, 1.82) is 0 Å². The second kappa shape index (κ2) is 12.2. The number of esters is 1. The van der Waals surface area contributed by atoms with E-state index in [-0.39, 0.29) is 5.91 Å². The van der Waals surface area contributed by atoms with Gasteiger partial charge in [0, 0.05) is 24.0 Å². The topological polar surface area (TPSA) is 103 Å². The van der Waals surface area contributed by atoms with Gasteiger partial charge in [-0.3, -0.25) is 9.59 Å². The molecule has 0 heterocycles. The lowest BCUT2D eigenvalue weighted by atomic mass is 10.1. The molecule has 0 fully saturated rings. The summed E-state index contributed by atoms with van der Waals surface area (Å²) in [5, 5.41) is 5.43. The molecule has 0 aliphatic heterocycles. The third-order valence-corrected chi connectivity index (χ3v) is 4.69. The van der Waals surface area contributed by atoms with Crippen molar-refractivity contribution in [2.45, 2.75) is 13.5 Å². The van der Waals surface area contributed by atoms with Crippen LogP contribution in [0.2, 0.25) is 0 Å². The van der Waals surface area contributed by atoms with Gasteiger partial charge in [0.1, 0.15) is 5.75 Å². The molecule has 0 aliphatic carbocycles. The molecule has 0 saturated carbocycles. The van der Waals surface area contributed by atoms with E-state index in [1.54, 1.807) is 79.9 Å². The fourth-order valence-corrected chi connectivity index (χ4v) is 3.02. The van der Waals surface area contributed by atoms with Gasteiger partial charge in [-0.25, -0.2) is 4.79 Å². The monoisotopic (exact) mass is 462 g/mol. The summed E-state index contributed by atoms with van der Waals surface area (Å²) >= 11 is 0. The fraction of sp³-hybridized carbons (Fsp3) is 0.192. The van der Waals surface area contributed by atoms with Crippen molar-refractivity contribution in [3.05, 3.63) is 89.5 Å². The van der Waals surface area contributed by atoms with Crippen molar-refractivity contribution in [3.63, 3.8) is 0 Å². The van der Waals surface area contributed by atoms with Crippen molar-refractivity contribution in [2.75, 3.05) is 31.0 Å². The summed E-state index contributed by atoms with van der Waals surface area (Å²) in [4.78, 5) is 36.7. The number of benzene rings is 3. The molecule has 34 heavy (non-hydrogen) atoms. The number of ether oxygens (including phenoxy) is 3. The Kier molecular flexibility index (Phi) is 8.76. The number of nitrogens with one attached hydrogen (secondary N) is 2. The summed E-state index contributed by atoms with van der Waals surface area (Å²) in [6.07, 6.45) is 0. The van der Waals surface area contributed by atoms with Crippen LogP contribution in [0.3, 0.4) is 0 Å². The minimum Gasteiger partial charge on any atom is -0.494 e. The van der Waals surface area contributed by atoms with E-state index in [0.29, 0.717) is 35.7 Å². The summed E-state index contributed by atoms with van der Waals surface area (Å²) in [6.45, 7) is 2.48. The van der Waals surface area contributed by atoms with Gasteiger partial charge in [0.05, 0.1) is 18.8 Å². The Morgan fingerprint density at radius 3 is 1.97 bits per heavy atom. The van der Waals surface area contributed by atoms with E-state index >= 15 is 0 Å². The molecule has 0 unspecified atom stereocenters. The predicted octanol–water partition coefficient (Wildman–Crippen LogP) is 4.28. The highest BCUT2D eigenvalue weighted by Gasteiger charge is 2.11. The molecule has 8 nitrogen and oxygen atoms in total. The fourth-order valence-electron chi connectivity index (χ4n) is 3.02. The van der Waals surface area contributed by atoms with Crippen LogP contribution in [0.4, 0.5) is 11.4 Å². The Morgan fingerprint density at radius 1 is 0.765 bits per heavy atom. The van der Waals surface area contributed by atoms with Crippen molar-refractivity contribution in [2.24, 2.45) is 0 Å². The highest BCUT2D eigenvalue weighted by atomic mass is 16.5. The van der Waals surface area contributed by atoms with E-state index in [2.05, 4.69) is 10.6 Å². The third-order valence-electron chi connectivity index (χ3n) is 4.69. The Hall–Kier alpha value is -4.17. The highest BCUT2D eigenvalue weighted by molar-refractivity contribution is 6.04. The minimum atomic E-state index is -0.597. The lowest BCUT2D eigenvalue weighted by Gasteiger charge is -2.09. The van der Waals surface area contributed by atoms with Gasteiger partial charge in [-0.05, 0) is 73.2 Å². The van der Waals surface area contributed by atoms with Gasteiger partial charge < -0.3 is 24.8 Å². The summed E-state index contributed by atoms with van der Waals surface area (Å²) in [6, 6.07) is 20.2. The van der Waals surface area contributed by atoms with Crippen molar-refractivity contribution in [1.82, 2.24) is 0 Å². The summed E-state index contributed by atoms with van der Waals surface area (Å²) in [5.74, 6) is -0.643. The number of methoxy groups -OCH3 is 1. The van der Waals surface area contributed by atoms with E-state index in [1.165, 1.54) is 0 Å². The first-order chi connectivity index (χ1) is 16.5. The van der Waals surface area contributed by atoms with Crippen LogP contribution in [0.25, 0.3) is 0 Å². The Morgan fingerprint density at radius 2 is 1.35 bits per heavy atom. The maximum atomic E-state index is 12.4. The van der Waals surface area contributed by atoms with Gasteiger partial charge in [0.25, 0.3) is 11.8 Å². The zero-order valence-electron chi connectivity index (χ0n) is 19.0. The number of hydrogen-bond donors (Lipinski definition) is 2. The van der Waals surface area contributed by atoms with Crippen LogP contribution in [0.1, 0.15) is 33.2 Å². The number of hydrogen-bond acceptors (Lipinski definition) is 6. The molecule has 0 spiro atoms. The van der Waals surface area contributed by atoms with Crippen LogP contribution in [0.5, 0.6) is 5.75 Å². The lowest BCUT2D eigenvalue weighted by Crippen LogP contribution is -2.21. The molecule has 2 N–H and O–H groups in total. The summed E-state index contributed by atoms with van der Waals surface area (Å²) in [7, 11) is 1.59. The van der Waals surface area contributed by atoms with Crippen molar-refractivity contribution < 1.29 is 28.6 Å².